The molecule has 1 aromatic carbocycles. The van der Waals surface area contributed by atoms with Crippen molar-refractivity contribution in [2.45, 2.75) is 77.4 Å². The molecular weight excluding hydrogens is 310 g/mol. The Hall–Kier alpha value is -1.77. The van der Waals surface area contributed by atoms with Gasteiger partial charge in [0.1, 0.15) is 0 Å². The van der Waals surface area contributed by atoms with Crippen LogP contribution in [0.25, 0.3) is 0 Å². The van der Waals surface area contributed by atoms with E-state index in [2.05, 4.69) is 50.1 Å². The Morgan fingerprint density at radius 2 is 1.56 bits per heavy atom. The van der Waals surface area contributed by atoms with Crippen molar-refractivity contribution in [3.8, 4) is 0 Å². The molecule has 1 aromatic rings. The summed E-state index contributed by atoms with van der Waals surface area (Å²) >= 11 is 0. The zero-order valence-corrected chi connectivity index (χ0v) is 16.1. The maximum absolute atomic E-state index is 12.2. The molecule has 0 unspecified atom stereocenters. The van der Waals surface area contributed by atoms with Crippen LogP contribution in [0.1, 0.15) is 70.8 Å². The van der Waals surface area contributed by atoms with Crippen LogP contribution in [0.5, 0.6) is 0 Å². The van der Waals surface area contributed by atoms with E-state index in [1.165, 1.54) is 31.2 Å². The molecule has 3 heteroatoms. The van der Waals surface area contributed by atoms with E-state index in [9.17, 15) is 4.79 Å². The van der Waals surface area contributed by atoms with Gasteiger partial charge in [-0.15, -0.1) is 0 Å². The molecule has 1 aliphatic heterocycles. The van der Waals surface area contributed by atoms with Crippen molar-refractivity contribution in [1.29, 1.82) is 0 Å². The lowest BCUT2D eigenvalue weighted by atomic mass is 9.86. The van der Waals surface area contributed by atoms with Gasteiger partial charge in [0.15, 0.2) is 5.60 Å². The number of benzene rings is 1. The molecule has 0 N–H and O–H groups in total. The normalized spacial score (nSPS) is 15.8. The van der Waals surface area contributed by atoms with Gasteiger partial charge in [0.2, 0.25) is 0 Å². The van der Waals surface area contributed by atoms with Crippen molar-refractivity contribution < 1.29 is 9.53 Å². The van der Waals surface area contributed by atoms with E-state index in [-0.39, 0.29) is 5.97 Å². The summed E-state index contributed by atoms with van der Waals surface area (Å²) in [4.78, 5) is 14.4. The van der Waals surface area contributed by atoms with E-state index < -0.39 is 5.60 Å². The van der Waals surface area contributed by atoms with E-state index in [4.69, 9.17) is 4.74 Å². The van der Waals surface area contributed by atoms with Gasteiger partial charge >= 0.3 is 5.97 Å². The number of nitrogens with zero attached hydrogens (tertiary/aromatic N) is 1. The first-order chi connectivity index (χ1) is 12.1. The van der Waals surface area contributed by atoms with E-state index in [1.54, 1.807) is 6.08 Å². The van der Waals surface area contributed by atoms with Crippen LogP contribution in [0, 0.1) is 0 Å². The minimum absolute atomic E-state index is 0.178. The number of ether oxygens (including phenoxy) is 1. The molecule has 0 saturated carbocycles. The third kappa shape index (κ3) is 5.35. The molecule has 0 aromatic heterocycles. The lowest BCUT2D eigenvalue weighted by molar-refractivity contribution is -0.148. The zero-order chi connectivity index (χ0) is 18.1. The van der Waals surface area contributed by atoms with Crippen LogP contribution in [-0.4, -0.2) is 23.5 Å². The average Bonchev–Trinajstić information content (AvgIpc) is 2.93. The second-order valence-corrected chi connectivity index (χ2v) is 7.20. The van der Waals surface area contributed by atoms with Gasteiger partial charge < -0.3 is 9.64 Å². The summed E-state index contributed by atoms with van der Waals surface area (Å²) in [6, 6.07) is 10.4. The third-order valence-corrected chi connectivity index (χ3v) is 5.06. The molecule has 0 fully saturated rings. The Morgan fingerprint density at radius 3 is 2.12 bits per heavy atom. The van der Waals surface area contributed by atoms with Gasteiger partial charge in [-0.25, -0.2) is 4.79 Å². The first kappa shape index (κ1) is 19.6. The number of rotatable bonds is 11. The monoisotopic (exact) mass is 343 g/mol. The molecular formula is C22H33NO2. The van der Waals surface area contributed by atoms with Gasteiger partial charge in [-0.05, 0) is 31.2 Å². The highest BCUT2D eigenvalue weighted by Crippen LogP contribution is 2.39. The molecule has 0 bridgehead atoms. The standard InChI is InChI=1S/C22H33NO2/c1-4-6-11-15-22(16-12-7-5-2)20(17-21(24)25-22)23(3)18-19-13-9-8-10-14-19/h8-10,13-14,17H,4-7,11-12,15-16,18H2,1-3H3. The molecule has 0 amide bonds. The molecule has 1 aliphatic rings. The number of likely N-dealkylation sites (N-methyl/N-ethyl adjacent to an activating group) is 1. The van der Waals surface area contributed by atoms with Crippen LogP contribution in [0.3, 0.4) is 0 Å². The van der Waals surface area contributed by atoms with Crippen LogP contribution in [-0.2, 0) is 16.1 Å². The lowest BCUT2D eigenvalue weighted by Crippen LogP contribution is -2.38. The summed E-state index contributed by atoms with van der Waals surface area (Å²) in [6.45, 7) is 5.22. The predicted octanol–water partition coefficient (Wildman–Crippen LogP) is 5.46. The van der Waals surface area contributed by atoms with E-state index in [1.807, 2.05) is 6.07 Å². The van der Waals surface area contributed by atoms with Gasteiger partial charge in [-0.2, -0.15) is 0 Å². The van der Waals surface area contributed by atoms with Crippen LogP contribution < -0.4 is 0 Å². The molecule has 0 aliphatic carbocycles. The Bertz CT molecular complexity index is 555. The molecule has 2 rings (SSSR count). The molecule has 25 heavy (non-hydrogen) atoms. The number of hydrogen-bond donors (Lipinski definition) is 0. The number of carbonyl (C=O) groups is 1. The van der Waals surface area contributed by atoms with Gasteiger partial charge in [-0.3, -0.25) is 0 Å². The van der Waals surface area contributed by atoms with E-state index >= 15 is 0 Å². The summed E-state index contributed by atoms with van der Waals surface area (Å²) in [5, 5.41) is 0. The van der Waals surface area contributed by atoms with E-state index in [0.29, 0.717) is 0 Å². The van der Waals surface area contributed by atoms with Crippen molar-refractivity contribution in [2.24, 2.45) is 0 Å². The minimum Gasteiger partial charge on any atom is -0.449 e. The number of esters is 1. The van der Waals surface area contributed by atoms with Crippen LogP contribution in [0.4, 0.5) is 0 Å². The van der Waals surface area contributed by atoms with Crippen molar-refractivity contribution in [2.75, 3.05) is 7.05 Å². The summed E-state index contributed by atoms with van der Waals surface area (Å²) < 4.78 is 5.94. The Morgan fingerprint density at radius 1 is 0.960 bits per heavy atom. The number of unbranched alkanes of at least 4 members (excludes halogenated alkanes) is 4. The van der Waals surface area contributed by atoms with Crippen molar-refractivity contribution >= 4 is 5.97 Å². The highest BCUT2D eigenvalue weighted by Gasteiger charge is 2.43. The predicted molar refractivity (Wildman–Crippen MR) is 103 cm³/mol. The number of carbonyl (C=O) groups excluding carboxylic acids is 1. The van der Waals surface area contributed by atoms with Crippen molar-refractivity contribution in [3.05, 3.63) is 47.7 Å². The minimum atomic E-state index is -0.426. The maximum Gasteiger partial charge on any atom is 0.333 e. The smallest absolute Gasteiger partial charge is 0.333 e. The topological polar surface area (TPSA) is 29.5 Å². The fourth-order valence-corrected chi connectivity index (χ4v) is 3.72. The highest BCUT2D eigenvalue weighted by molar-refractivity contribution is 5.86. The van der Waals surface area contributed by atoms with Crippen molar-refractivity contribution in [1.82, 2.24) is 4.90 Å². The summed E-state index contributed by atoms with van der Waals surface area (Å²) in [5.41, 5.74) is 1.89. The lowest BCUT2D eigenvalue weighted by Gasteiger charge is -2.36. The highest BCUT2D eigenvalue weighted by atomic mass is 16.6. The average molecular weight is 344 g/mol. The molecule has 0 saturated heterocycles. The Balaban J connectivity index is 2.16. The van der Waals surface area contributed by atoms with Crippen LogP contribution >= 0.6 is 0 Å². The summed E-state index contributed by atoms with van der Waals surface area (Å²) in [6.07, 6.45) is 10.5. The van der Waals surface area contributed by atoms with Gasteiger partial charge in [0.25, 0.3) is 0 Å². The van der Waals surface area contributed by atoms with Crippen LogP contribution in [0.2, 0.25) is 0 Å². The summed E-state index contributed by atoms with van der Waals surface area (Å²) in [5.74, 6) is -0.178. The van der Waals surface area contributed by atoms with Crippen LogP contribution in [0.15, 0.2) is 42.1 Å². The maximum atomic E-state index is 12.2. The molecule has 0 radical (unpaired) electrons. The Kier molecular flexibility index (Phi) is 7.54. The van der Waals surface area contributed by atoms with Gasteiger partial charge in [0, 0.05) is 19.7 Å². The zero-order valence-electron chi connectivity index (χ0n) is 16.1. The first-order valence-corrected chi connectivity index (χ1v) is 9.81. The number of cyclic esters (lactones) is 1. The van der Waals surface area contributed by atoms with Crippen molar-refractivity contribution in [3.63, 3.8) is 0 Å². The fourth-order valence-electron chi connectivity index (χ4n) is 3.72. The molecule has 0 spiro atoms. The quantitative estimate of drug-likeness (QED) is 0.395. The van der Waals surface area contributed by atoms with Gasteiger partial charge in [-0.1, -0.05) is 69.9 Å². The summed E-state index contributed by atoms with van der Waals surface area (Å²) in [7, 11) is 2.08. The first-order valence-electron chi connectivity index (χ1n) is 9.81. The molecule has 0 atom stereocenters. The molecule has 1 heterocycles. The molecule has 138 valence electrons. The fraction of sp³-hybridized carbons (Fsp3) is 0.591. The molecule has 3 nitrogen and oxygen atoms in total. The third-order valence-electron chi connectivity index (χ3n) is 5.06. The van der Waals surface area contributed by atoms with Gasteiger partial charge in [0.05, 0.1) is 5.70 Å². The largest absolute Gasteiger partial charge is 0.449 e. The SMILES string of the molecule is CCCCCC1(CCCCC)OC(=O)C=C1N(C)Cc1ccccc1. The Labute approximate surface area is 153 Å². The number of hydrogen-bond acceptors (Lipinski definition) is 3. The van der Waals surface area contributed by atoms with E-state index in [0.717, 1.165) is 37.9 Å². The second-order valence-electron chi connectivity index (χ2n) is 7.20. The second kappa shape index (κ2) is 9.65.